The Kier molecular flexibility index (Phi) is 4.84. The zero-order valence-electron chi connectivity index (χ0n) is 14.6. The van der Waals surface area contributed by atoms with Gasteiger partial charge in [-0.25, -0.2) is 4.98 Å². The second kappa shape index (κ2) is 7.26. The number of thioether (sulfide) groups is 1. The first-order valence-electron chi connectivity index (χ1n) is 8.88. The molecule has 6 heteroatoms. The maximum Gasteiger partial charge on any atom is 0.263 e. The summed E-state index contributed by atoms with van der Waals surface area (Å²) in [6.45, 7) is 2.59. The number of hydrogen-bond donors (Lipinski definition) is 0. The van der Waals surface area contributed by atoms with Gasteiger partial charge in [0, 0.05) is 17.2 Å². The van der Waals surface area contributed by atoms with E-state index in [2.05, 4.69) is 6.07 Å². The molecule has 0 aliphatic heterocycles. The fraction of sp³-hybridized carbons (Fsp3) is 0.350. The minimum absolute atomic E-state index is 0.0907. The van der Waals surface area contributed by atoms with Gasteiger partial charge in [0.15, 0.2) is 5.16 Å². The summed E-state index contributed by atoms with van der Waals surface area (Å²) in [4.78, 5) is 20.2. The SMILES string of the molecule is CCn1c(SCc2ccccc2C#N)nc2sc3c(c2c1=O)CCCC3. The molecule has 4 rings (SSSR count). The highest BCUT2D eigenvalue weighted by Crippen LogP contribution is 2.35. The molecule has 1 aliphatic carbocycles. The van der Waals surface area contributed by atoms with Crippen molar-refractivity contribution in [1.82, 2.24) is 9.55 Å². The first kappa shape index (κ1) is 17.3. The maximum absolute atomic E-state index is 13.1. The third-order valence-electron chi connectivity index (χ3n) is 4.85. The Labute approximate surface area is 160 Å². The Morgan fingerprint density at radius 3 is 2.92 bits per heavy atom. The molecule has 0 unspecified atom stereocenters. The van der Waals surface area contributed by atoms with Crippen LogP contribution in [0, 0.1) is 11.3 Å². The van der Waals surface area contributed by atoms with E-state index in [-0.39, 0.29) is 5.56 Å². The van der Waals surface area contributed by atoms with E-state index < -0.39 is 0 Å². The van der Waals surface area contributed by atoms with Crippen LogP contribution in [0.15, 0.2) is 34.2 Å². The molecule has 0 saturated carbocycles. The van der Waals surface area contributed by atoms with Crippen molar-refractivity contribution in [2.45, 2.75) is 50.1 Å². The highest BCUT2D eigenvalue weighted by Gasteiger charge is 2.21. The molecular formula is C20H19N3OS2. The number of nitriles is 1. The lowest BCUT2D eigenvalue weighted by Crippen LogP contribution is -2.23. The average molecular weight is 382 g/mol. The topological polar surface area (TPSA) is 58.7 Å². The van der Waals surface area contributed by atoms with E-state index in [1.54, 1.807) is 15.9 Å². The second-order valence-electron chi connectivity index (χ2n) is 6.39. The molecule has 3 aromatic rings. The molecule has 132 valence electrons. The maximum atomic E-state index is 13.1. The molecule has 0 saturated heterocycles. The van der Waals surface area contributed by atoms with Crippen molar-refractivity contribution in [3.8, 4) is 6.07 Å². The van der Waals surface area contributed by atoms with Crippen molar-refractivity contribution >= 4 is 33.3 Å². The van der Waals surface area contributed by atoms with Crippen LogP contribution in [0.4, 0.5) is 0 Å². The summed E-state index contributed by atoms with van der Waals surface area (Å²) in [7, 11) is 0. The third kappa shape index (κ3) is 2.95. The normalized spacial score (nSPS) is 13.5. The van der Waals surface area contributed by atoms with E-state index in [0.29, 0.717) is 17.9 Å². The van der Waals surface area contributed by atoms with Crippen molar-refractivity contribution in [2.75, 3.05) is 0 Å². The fourth-order valence-electron chi connectivity index (χ4n) is 3.51. The van der Waals surface area contributed by atoms with Gasteiger partial charge < -0.3 is 0 Å². The third-order valence-corrected chi connectivity index (χ3v) is 7.06. The molecule has 1 aromatic carbocycles. The monoisotopic (exact) mass is 381 g/mol. The lowest BCUT2D eigenvalue weighted by Gasteiger charge is -2.12. The Morgan fingerprint density at radius 2 is 2.12 bits per heavy atom. The van der Waals surface area contributed by atoms with Gasteiger partial charge in [0.25, 0.3) is 5.56 Å². The average Bonchev–Trinajstić information content (AvgIpc) is 3.05. The number of benzene rings is 1. The molecule has 0 radical (unpaired) electrons. The van der Waals surface area contributed by atoms with Gasteiger partial charge in [-0.15, -0.1) is 11.3 Å². The van der Waals surface area contributed by atoms with E-state index in [4.69, 9.17) is 4.98 Å². The Morgan fingerprint density at radius 1 is 1.31 bits per heavy atom. The highest BCUT2D eigenvalue weighted by atomic mass is 32.2. The Bertz CT molecular complexity index is 1080. The quantitative estimate of drug-likeness (QED) is 0.492. The number of rotatable bonds is 4. The van der Waals surface area contributed by atoms with E-state index in [1.807, 2.05) is 31.2 Å². The van der Waals surface area contributed by atoms with Crippen molar-refractivity contribution in [2.24, 2.45) is 0 Å². The van der Waals surface area contributed by atoms with Crippen LogP contribution in [0.5, 0.6) is 0 Å². The Balaban J connectivity index is 1.75. The van der Waals surface area contributed by atoms with Gasteiger partial charge in [-0.05, 0) is 49.8 Å². The fourth-order valence-corrected chi connectivity index (χ4v) is 5.88. The molecule has 0 fully saturated rings. The number of nitrogens with zero attached hydrogens (tertiary/aromatic N) is 3. The minimum atomic E-state index is 0.0907. The lowest BCUT2D eigenvalue weighted by atomic mass is 9.97. The van der Waals surface area contributed by atoms with Gasteiger partial charge in [-0.3, -0.25) is 9.36 Å². The van der Waals surface area contributed by atoms with E-state index in [9.17, 15) is 10.1 Å². The van der Waals surface area contributed by atoms with E-state index in [1.165, 1.54) is 28.6 Å². The summed E-state index contributed by atoms with van der Waals surface area (Å²) in [5.41, 5.74) is 2.98. The molecule has 0 amide bonds. The van der Waals surface area contributed by atoms with Crippen molar-refractivity contribution < 1.29 is 0 Å². The molecule has 0 bridgehead atoms. The number of aryl methyl sites for hydroxylation is 2. The molecule has 0 N–H and O–H groups in total. The van der Waals surface area contributed by atoms with Crippen molar-refractivity contribution in [3.05, 3.63) is 56.2 Å². The van der Waals surface area contributed by atoms with Gasteiger partial charge in [-0.2, -0.15) is 5.26 Å². The molecule has 0 spiro atoms. The first-order valence-corrected chi connectivity index (χ1v) is 10.7. The van der Waals surface area contributed by atoms with Crippen LogP contribution in [0.2, 0.25) is 0 Å². The molecule has 2 heterocycles. The molecule has 1 aliphatic rings. The van der Waals surface area contributed by atoms with Gasteiger partial charge in [-0.1, -0.05) is 30.0 Å². The summed E-state index contributed by atoms with van der Waals surface area (Å²) in [6, 6.07) is 9.83. The number of thiophene rings is 1. The first-order chi connectivity index (χ1) is 12.7. The van der Waals surface area contributed by atoms with Gasteiger partial charge in [0.05, 0.1) is 17.0 Å². The summed E-state index contributed by atoms with van der Waals surface area (Å²) >= 11 is 3.22. The van der Waals surface area contributed by atoms with Crippen LogP contribution in [0.25, 0.3) is 10.2 Å². The van der Waals surface area contributed by atoms with Crippen LogP contribution in [0.3, 0.4) is 0 Å². The summed E-state index contributed by atoms with van der Waals surface area (Å²) in [6.07, 6.45) is 4.43. The van der Waals surface area contributed by atoms with Gasteiger partial charge >= 0.3 is 0 Å². The molecule has 4 nitrogen and oxygen atoms in total. The van der Waals surface area contributed by atoms with Gasteiger partial charge in [0.2, 0.25) is 0 Å². The minimum Gasteiger partial charge on any atom is -0.287 e. The van der Waals surface area contributed by atoms with Crippen molar-refractivity contribution in [3.63, 3.8) is 0 Å². The Hall–Kier alpha value is -2.10. The van der Waals surface area contributed by atoms with Crippen LogP contribution in [-0.4, -0.2) is 9.55 Å². The molecule has 0 atom stereocenters. The summed E-state index contributed by atoms with van der Waals surface area (Å²) in [5, 5.41) is 10.9. The molecule has 26 heavy (non-hydrogen) atoms. The number of aromatic nitrogens is 2. The summed E-state index contributed by atoms with van der Waals surface area (Å²) in [5.74, 6) is 0.632. The number of fused-ring (bicyclic) bond motifs is 3. The summed E-state index contributed by atoms with van der Waals surface area (Å²) < 4.78 is 1.78. The number of hydrogen-bond acceptors (Lipinski definition) is 5. The predicted molar refractivity (Wildman–Crippen MR) is 107 cm³/mol. The van der Waals surface area contributed by atoms with Crippen molar-refractivity contribution in [1.29, 1.82) is 5.26 Å². The van der Waals surface area contributed by atoms with Crippen LogP contribution < -0.4 is 5.56 Å². The standard InChI is InChI=1S/C20H19N3OS2/c1-2-23-19(24)17-15-9-5-6-10-16(15)26-18(17)22-20(23)25-12-14-8-4-3-7-13(14)11-21/h3-4,7-8H,2,5-6,9-10,12H2,1H3. The molecule has 2 aromatic heterocycles. The van der Waals surface area contributed by atoms with E-state index >= 15 is 0 Å². The van der Waals surface area contributed by atoms with Crippen LogP contribution in [0.1, 0.15) is 41.3 Å². The highest BCUT2D eigenvalue weighted by molar-refractivity contribution is 7.98. The largest absolute Gasteiger partial charge is 0.287 e. The molecular weight excluding hydrogens is 362 g/mol. The smallest absolute Gasteiger partial charge is 0.263 e. The lowest BCUT2D eigenvalue weighted by molar-refractivity contribution is 0.633. The van der Waals surface area contributed by atoms with Crippen LogP contribution in [-0.2, 0) is 25.1 Å². The van der Waals surface area contributed by atoms with E-state index in [0.717, 1.165) is 40.2 Å². The zero-order valence-corrected chi connectivity index (χ0v) is 16.3. The predicted octanol–water partition coefficient (Wildman–Crippen LogP) is 4.52. The second-order valence-corrected chi connectivity index (χ2v) is 8.42. The van der Waals surface area contributed by atoms with Gasteiger partial charge in [0.1, 0.15) is 4.83 Å². The van der Waals surface area contributed by atoms with Crippen LogP contribution >= 0.6 is 23.1 Å². The zero-order chi connectivity index (χ0) is 18.1.